The lowest BCUT2D eigenvalue weighted by Crippen LogP contribution is -1.73. The Morgan fingerprint density at radius 1 is 1.50 bits per heavy atom. The van der Waals surface area contributed by atoms with E-state index in [4.69, 9.17) is 5.26 Å². The third-order valence-electron chi connectivity index (χ3n) is 1.43. The van der Waals surface area contributed by atoms with Crippen LogP contribution in [0.15, 0.2) is 11.6 Å². The summed E-state index contributed by atoms with van der Waals surface area (Å²) in [7, 11) is 0. The Balaban J connectivity index is 3.27. The second-order valence-corrected chi connectivity index (χ2v) is 2.49. The maximum atomic E-state index is 8.37. The zero-order valence-electron chi connectivity index (χ0n) is 6.85. The third-order valence-corrected chi connectivity index (χ3v) is 1.43. The Morgan fingerprint density at radius 3 is 2.70 bits per heavy atom. The minimum atomic E-state index is 0.844. The molecule has 0 aromatic rings. The first-order valence-electron chi connectivity index (χ1n) is 3.88. The van der Waals surface area contributed by atoms with Crippen LogP contribution in [0.5, 0.6) is 0 Å². The van der Waals surface area contributed by atoms with Gasteiger partial charge in [0, 0.05) is 5.57 Å². The summed E-state index contributed by atoms with van der Waals surface area (Å²) >= 11 is 0. The van der Waals surface area contributed by atoms with Gasteiger partial charge in [-0.2, -0.15) is 5.26 Å². The van der Waals surface area contributed by atoms with Crippen molar-refractivity contribution in [2.75, 3.05) is 0 Å². The molecule has 0 rings (SSSR count). The van der Waals surface area contributed by atoms with Crippen molar-refractivity contribution in [2.24, 2.45) is 0 Å². The molecule has 0 radical (unpaired) electrons. The van der Waals surface area contributed by atoms with Crippen LogP contribution in [-0.2, 0) is 0 Å². The number of unbranched alkanes of at least 4 members (excludes halogenated alkanes) is 3. The van der Waals surface area contributed by atoms with Gasteiger partial charge in [0.25, 0.3) is 0 Å². The lowest BCUT2D eigenvalue weighted by Gasteiger charge is -1.91. The van der Waals surface area contributed by atoms with Crippen molar-refractivity contribution in [2.45, 2.75) is 39.5 Å². The second kappa shape index (κ2) is 6.35. The summed E-state index contributed by atoms with van der Waals surface area (Å²) in [5.74, 6) is 0. The molecule has 0 aliphatic heterocycles. The molecule has 0 atom stereocenters. The van der Waals surface area contributed by atoms with Gasteiger partial charge >= 0.3 is 0 Å². The minimum Gasteiger partial charge on any atom is -0.193 e. The van der Waals surface area contributed by atoms with Crippen LogP contribution >= 0.6 is 0 Å². The number of hydrogen-bond acceptors (Lipinski definition) is 1. The average molecular weight is 137 g/mol. The number of rotatable bonds is 4. The maximum absolute atomic E-state index is 8.37. The van der Waals surface area contributed by atoms with Gasteiger partial charge in [-0.05, 0) is 19.8 Å². The average Bonchev–Trinajstić information content (AvgIpc) is 1.98. The summed E-state index contributed by atoms with van der Waals surface area (Å²) in [6.07, 6.45) is 6.81. The first kappa shape index (κ1) is 9.23. The standard InChI is InChI=1S/C9H15N/c1-3-4-5-6-7-9(2)8-10/h7H,3-6H2,1-2H3/b9-7+. The molecule has 0 unspecified atom stereocenters. The van der Waals surface area contributed by atoms with Gasteiger partial charge in [0.05, 0.1) is 6.07 Å². The smallest absolute Gasteiger partial charge is 0.0940 e. The molecule has 0 aliphatic rings. The molecular formula is C9H15N. The molecule has 0 saturated heterocycles. The first-order chi connectivity index (χ1) is 4.81. The van der Waals surface area contributed by atoms with E-state index in [1.54, 1.807) is 0 Å². The van der Waals surface area contributed by atoms with Gasteiger partial charge in [-0.15, -0.1) is 0 Å². The van der Waals surface area contributed by atoms with Crippen LogP contribution in [0.4, 0.5) is 0 Å². The summed E-state index contributed by atoms with van der Waals surface area (Å²) in [4.78, 5) is 0. The van der Waals surface area contributed by atoms with E-state index in [1.807, 2.05) is 13.0 Å². The van der Waals surface area contributed by atoms with Gasteiger partial charge in [0.15, 0.2) is 0 Å². The first-order valence-corrected chi connectivity index (χ1v) is 3.88. The van der Waals surface area contributed by atoms with Crippen LogP contribution in [0, 0.1) is 11.3 Å². The Hall–Kier alpha value is -0.770. The lowest BCUT2D eigenvalue weighted by molar-refractivity contribution is 0.728. The van der Waals surface area contributed by atoms with Gasteiger partial charge in [-0.3, -0.25) is 0 Å². The number of allylic oxidation sites excluding steroid dienone is 2. The van der Waals surface area contributed by atoms with E-state index in [9.17, 15) is 0 Å². The second-order valence-electron chi connectivity index (χ2n) is 2.49. The maximum Gasteiger partial charge on any atom is 0.0940 e. The summed E-state index contributed by atoms with van der Waals surface area (Å²) in [5.41, 5.74) is 0.844. The SMILES string of the molecule is CCCCC/C=C(\C)C#N. The molecule has 1 heteroatoms. The summed E-state index contributed by atoms with van der Waals surface area (Å²) in [6.45, 7) is 4.03. The van der Waals surface area contributed by atoms with Crippen LogP contribution < -0.4 is 0 Å². The normalized spacial score (nSPS) is 11.1. The zero-order chi connectivity index (χ0) is 7.82. The largest absolute Gasteiger partial charge is 0.193 e. The highest BCUT2D eigenvalue weighted by molar-refractivity contribution is 5.16. The quantitative estimate of drug-likeness (QED) is 0.431. The number of hydrogen-bond donors (Lipinski definition) is 0. The molecule has 0 saturated carbocycles. The Bertz CT molecular complexity index is 139. The predicted octanol–water partition coefficient (Wildman–Crippen LogP) is 3.04. The molecule has 0 N–H and O–H groups in total. The van der Waals surface area contributed by atoms with E-state index < -0.39 is 0 Å². The van der Waals surface area contributed by atoms with Crippen molar-refractivity contribution >= 4 is 0 Å². The van der Waals surface area contributed by atoms with Crippen molar-refractivity contribution in [1.29, 1.82) is 5.26 Å². The van der Waals surface area contributed by atoms with E-state index in [0.29, 0.717) is 0 Å². The minimum absolute atomic E-state index is 0.844. The highest BCUT2D eigenvalue weighted by Crippen LogP contribution is 2.01. The van der Waals surface area contributed by atoms with E-state index in [2.05, 4.69) is 13.0 Å². The Labute approximate surface area is 63.4 Å². The Kier molecular flexibility index (Phi) is 5.86. The molecule has 0 spiro atoms. The van der Waals surface area contributed by atoms with Gasteiger partial charge in [-0.25, -0.2) is 0 Å². The van der Waals surface area contributed by atoms with E-state index in [0.717, 1.165) is 12.0 Å². The fourth-order valence-electron chi connectivity index (χ4n) is 0.759. The van der Waals surface area contributed by atoms with Crippen molar-refractivity contribution in [3.8, 4) is 6.07 Å². The molecule has 0 aromatic heterocycles. The summed E-state index contributed by atoms with van der Waals surface area (Å²) < 4.78 is 0. The van der Waals surface area contributed by atoms with Gasteiger partial charge in [0.2, 0.25) is 0 Å². The molecule has 0 bridgehead atoms. The molecular weight excluding hydrogens is 122 g/mol. The topological polar surface area (TPSA) is 23.8 Å². The van der Waals surface area contributed by atoms with Crippen LogP contribution in [0.2, 0.25) is 0 Å². The summed E-state index contributed by atoms with van der Waals surface area (Å²) in [5, 5.41) is 8.37. The number of nitrogens with zero attached hydrogens (tertiary/aromatic N) is 1. The van der Waals surface area contributed by atoms with E-state index >= 15 is 0 Å². The van der Waals surface area contributed by atoms with Crippen molar-refractivity contribution in [1.82, 2.24) is 0 Å². The number of nitriles is 1. The van der Waals surface area contributed by atoms with Crippen molar-refractivity contribution < 1.29 is 0 Å². The van der Waals surface area contributed by atoms with Crippen molar-refractivity contribution in [3.05, 3.63) is 11.6 Å². The van der Waals surface area contributed by atoms with E-state index in [-0.39, 0.29) is 0 Å². The van der Waals surface area contributed by atoms with Crippen LogP contribution in [0.3, 0.4) is 0 Å². The predicted molar refractivity (Wildman–Crippen MR) is 43.5 cm³/mol. The highest BCUT2D eigenvalue weighted by Gasteiger charge is 1.84. The molecule has 0 aromatic carbocycles. The van der Waals surface area contributed by atoms with Crippen molar-refractivity contribution in [3.63, 3.8) is 0 Å². The van der Waals surface area contributed by atoms with E-state index in [1.165, 1.54) is 19.3 Å². The van der Waals surface area contributed by atoms with Gasteiger partial charge in [0.1, 0.15) is 0 Å². The molecule has 0 heterocycles. The highest BCUT2D eigenvalue weighted by atomic mass is 14.2. The molecule has 10 heavy (non-hydrogen) atoms. The summed E-state index contributed by atoms with van der Waals surface area (Å²) in [6, 6.07) is 2.10. The molecule has 0 fully saturated rings. The fraction of sp³-hybridized carbons (Fsp3) is 0.667. The third kappa shape index (κ3) is 5.37. The van der Waals surface area contributed by atoms with Gasteiger partial charge < -0.3 is 0 Å². The molecule has 56 valence electrons. The van der Waals surface area contributed by atoms with Crippen LogP contribution in [-0.4, -0.2) is 0 Å². The lowest BCUT2D eigenvalue weighted by atomic mass is 10.1. The van der Waals surface area contributed by atoms with Crippen LogP contribution in [0.25, 0.3) is 0 Å². The fourth-order valence-corrected chi connectivity index (χ4v) is 0.759. The molecule has 1 nitrogen and oxygen atoms in total. The monoisotopic (exact) mass is 137 g/mol. The zero-order valence-corrected chi connectivity index (χ0v) is 6.85. The molecule has 0 aliphatic carbocycles. The Morgan fingerprint density at radius 2 is 2.20 bits per heavy atom. The van der Waals surface area contributed by atoms with Crippen LogP contribution in [0.1, 0.15) is 39.5 Å². The van der Waals surface area contributed by atoms with Gasteiger partial charge in [-0.1, -0.05) is 25.8 Å². The molecule has 0 amide bonds.